The molecule has 0 aromatic heterocycles. The van der Waals surface area contributed by atoms with Gasteiger partial charge in [0.25, 0.3) is 0 Å². The fourth-order valence-corrected chi connectivity index (χ4v) is 2.24. The Morgan fingerprint density at radius 1 is 1.25 bits per heavy atom. The zero-order valence-corrected chi connectivity index (χ0v) is 9.26. The van der Waals surface area contributed by atoms with Gasteiger partial charge in [-0.3, -0.25) is 0 Å². The number of rotatable bonds is 2. The van der Waals surface area contributed by atoms with E-state index >= 15 is 0 Å². The minimum Gasteiger partial charge on any atom is -0.490 e. The number of hydrogen-bond acceptors (Lipinski definition) is 3. The Morgan fingerprint density at radius 3 is 2.81 bits per heavy atom. The highest BCUT2D eigenvalue weighted by Gasteiger charge is 2.32. The van der Waals surface area contributed by atoms with Gasteiger partial charge < -0.3 is 15.2 Å². The lowest BCUT2D eigenvalue weighted by molar-refractivity contribution is -0.0837. The molecule has 0 spiro atoms. The molecule has 1 fully saturated rings. The maximum absolute atomic E-state index is 6.21. The van der Waals surface area contributed by atoms with Gasteiger partial charge in [0.15, 0.2) is 0 Å². The lowest BCUT2D eigenvalue weighted by Crippen LogP contribution is -2.41. The van der Waals surface area contributed by atoms with Crippen LogP contribution in [-0.4, -0.2) is 18.8 Å². The van der Waals surface area contributed by atoms with Gasteiger partial charge in [0.05, 0.1) is 12.1 Å². The van der Waals surface area contributed by atoms with E-state index in [9.17, 15) is 0 Å². The lowest BCUT2D eigenvalue weighted by Gasteiger charge is -2.36. The number of nitrogens with two attached hydrogens (primary N) is 1. The molecule has 2 aliphatic rings. The molecule has 1 aliphatic carbocycles. The highest BCUT2D eigenvalue weighted by atomic mass is 16.5. The average Bonchev–Trinajstić information content (AvgIpc) is 2.26. The maximum atomic E-state index is 6.21. The molecule has 0 radical (unpaired) electrons. The highest BCUT2D eigenvalue weighted by Crippen LogP contribution is 2.34. The number of fused-ring (bicyclic) bond motifs is 1. The van der Waals surface area contributed by atoms with Gasteiger partial charge >= 0.3 is 0 Å². The predicted molar refractivity (Wildman–Crippen MR) is 61.4 cm³/mol. The first kappa shape index (κ1) is 10.1. The summed E-state index contributed by atoms with van der Waals surface area (Å²) in [6.45, 7) is 0.578. The van der Waals surface area contributed by atoms with Crippen LogP contribution in [0.15, 0.2) is 24.3 Å². The minimum atomic E-state index is -0.0504. The molecule has 86 valence electrons. The molecule has 1 heterocycles. The van der Waals surface area contributed by atoms with E-state index in [1.807, 2.05) is 24.3 Å². The third kappa shape index (κ3) is 1.70. The zero-order chi connectivity index (χ0) is 11.0. The second-order valence-electron chi connectivity index (χ2n) is 4.60. The molecule has 2 unspecified atom stereocenters. The molecule has 0 amide bonds. The van der Waals surface area contributed by atoms with Crippen molar-refractivity contribution in [2.24, 2.45) is 5.73 Å². The molecule has 0 saturated heterocycles. The first-order valence-electron chi connectivity index (χ1n) is 5.97. The molecule has 16 heavy (non-hydrogen) atoms. The fraction of sp³-hybridized carbons (Fsp3) is 0.538. The number of hydrogen-bond donors (Lipinski definition) is 1. The summed E-state index contributed by atoms with van der Waals surface area (Å²) in [6.07, 6.45) is 4.05. The van der Waals surface area contributed by atoms with Crippen LogP contribution in [0.1, 0.15) is 30.9 Å². The van der Waals surface area contributed by atoms with Crippen LogP contribution in [-0.2, 0) is 4.74 Å². The highest BCUT2D eigenvalue weighted by molar-refractivity contribution is 5.38. The number of ether oxygens (including phenoxy) is 2. The normalized spacial score (nSPS) is 29.1. The molecular formula is C13H17NO2. The molecule has 2 N–H and O–H groups in total. The van der Waals surface area contributed by atoms with Crippen LogP contribution in [0.4, 0.5) is 0 Å². The molecule has 0 bridgehead atoms. The molecule has 1 aliphatic heterocycles. The summed E-state index contributed by atoms with van der Waals surface area (Å²) in [5.74, 6) is 0.906. The average molecular weight is 219 g/mol. The second-order valence-corrected chi connectivity index (χ2v) is 4.60. The Hall–Kier alpha value is -1.06. The summed E-state index contributed by atoms with van der Waals surface area (Å²) in [7, 11) is 0. The first-order valence-corrected chi connectivity index (χ1v) is 5.97. The van der Waals surface area contributed by atoms with Crippen LogP contribution >= 0.6 is 0 Å². The Morgan fingerprint density at radius 2 is 2.06 bits per heavy atom. The summed E-state index contributed by atoms with van der Waals surface area (Å²) >= 11 is 0. The molecule has 3 rings (SSSR count). The third-order valence-corrected chi connectivity index (χ3v) is 3.50. The van der Waals surface area contributed by atoms with Crippen molar-refractivity contribution in [1.29, 1.82) is 0 Å². The van der Waals surface area contributed by atoms with Gasteiger partial charge in [-0.1, -0.05) is 18.2 Å². The van der Waals surface area contributed by atoms with Crippen molar-refractivity contribution >= 4 is 0 Å². The van der Waals surface area contributed by atoms with Gasteiger partial charge in [0, 0.05) is 5.56 Å². The Labute approximate surface area is 95.5 Å². The first-order chi connectivity index (χ1) is 7.84. The standard InChI is InChI=1S/C13H17NO2/c14-13-10-6-1-2-7-11(10)15-8-12(13)16-9-4-3-5-9/h1-2,6-7,9,12-13H,3-5,8,14H2. The van der Waals surface area contributed by atoms with Gasteiger partial charge in [-0.05, 0) is 25.3 Å². The summed E-state index contributed by atoms with van der Waals surface area (Å²) in [5, 5.41) is 0. The number of para-hydroxylation sites is 1. The summed E-state index contributed by atoms with van der Waals surface area (Å²) in [6, 6.07) is 7.91. The molecular weight excluding hydrogens is 202 g/mol. The van der Waals surface area contributed by atoms with Crippen LogP contribution in [0.5, 0.6) is 5.75 Å². The molecule has 3 heteroatoms. The topological polar surface area (TPSA) is 44.5 Å². The van der Waals surface area contributed by atoms with E-state index < -0.39 is 0 Å². The summed E-state index contributed by atoms with van der Waals surface area (Å²) in [4.78, 5) is 0. The quantitative estimate of drug-likeness (QED) is 0.827. The van der Waals surface area contributed by atoms with Crippen LogP contribution in [0, 0.1) is 0 Å². The van der Waals surface area contributed by atoms with Crippen molar-refractivity contribution in [3.05, 3.63) is 29.8 Å². The van der Waals surface area contributed by atoms with E-state index in [4.69, 9.17) is 15.2 Å². The molecule has 1 aromatic carbocycles. The monoisotopic (exact) mass is 219 g/mol. The molecule has 2 atom stereocenters. The summed E-state index contributed by atoms with van der Waals surface area (Å²) in [5.41, 5.74) is 7.28. The number of benzene rings is 1. The maximum Gasteiger partial charge on any atom is 0.124 e. The van der Waals surface area contributed by atoms with Crippen LogP contribution in [0.25, 0.3) is 0 Å². The van der Waals surface area contributed by atoms with E-state index in [-0.39, 0.29) is 12.1 Å². The van der Waals surface area contributed by atoms with Crippen LogP contribution in [0.2, 0.25) is 0 Å². The second kappa shape index (κ2) is 4.07. The predicted octanol–water partition coefficient (Wildman–Crippen LogP) is 2.02. The minimum absolute atomic E-state index is 0.0141. The van der Waals surface area contributed by atoms with Gasteiger partial charge in [-0.2, -0.15) is 0 Å². The fourth-order valence-electron chi connectivity index (χ4n) is 2.24. The van der Waals surface area contributed by atoms with Crippen LogP contribution in [0.3, 0.4) is 0 Å². The van der Waals surface area contributed by atoms with Gasteiger partial charge in [-0.25, -0.2) is 0 Å². The smallest absolute Gasteiger partial charge is 0.124 e. The largest absolute Gasteiger partial charge is 0.490 e. The van der Waals surface area contributed by atoms with Crippen molar-refractivity contribution < 1.29 is 9.47 Å². The van der Waals surface area contributed by atoms with E-state index in [2.05, 4.69) is 0 Å². The summed E-state index contributed by atoms with van der Waals surface area (Å²) < 4.78 is 11.6. The SMILES string of the molecule is NC1c2ccccc2OCC1OC1CCC1. The van der Waals surface area contributed by atoms with E-state index in [0.29, 0.717) is 12.7 Å². The van der Waals surface area contributed by atoms with Gasteiger partial charge in [-0.15, -0.1) is 0 Å². The van der Waals surface area contributed by atoms with Gasteiger partial charge in [0.2, 0.25) is 0 Å². The Bertz CT molecular complexity index is 376. The van der Waals surface area contributed by atoms with Crippen molar-refractivity contribution in [1.82, 2.24) is 0 Å². The molecule has 1 aromatic rings. The van der Waals surface area contributed by atoms with E-state index in [1.54, 1.807) is 0 Å². The molecule has 1 saturated carbocycles. The van der Waals surface area contributed by atoms with E-state index in [0.717, 1.165) is 11.3 Å². The third-order valence-electron chi connectivity index (χ3n) is 3.50. The van der Waals surface area contributed by atoms with Crippen molar-refractivity contribution in [3.8, 4) is 5.75 Å². The van der Waals surface area contributed by atoms with Crippen molar-refractivity contribution in [2.75, 3.05) is 6.61 Å². The van der Waals surface area contributed by atoms with Crippen molar-refractivity contribution in [2.45, 2.75) is 37.5 Å². The van der Waals surface area contributed by atoms with E-state index in [1.165, 1.54) is 19.3 Å². The lowest BCUT2D eigenvalue weighted by atomic mass is 9.94. The zero-order valence-electron chi connectivity index (χ0n) is 9.26. The van der Waals surface area contributed by atoms with Crippen LogP contribution < -0.4 is 10.5 Å². The molecule has 3 nitrogen and oxygen atoms in total. The van der Waals surface area contributed by atoms with Gasteiger partial charge in [0.1, 0.15) is 18.5 Å². The Balaban J connectivity index is 1.75. The Kier molecular flexibility index (Phi) is 2.58. The van der Waals surface area contributed by atoms with Crippen molar-refractivity contribution in [3.63, 3.8) is 0 Å².